The van der Waals surface area contributed by atoms with E-state index in [1.807, 2.05) is 6.92 Å². The standard InChI is InChI=1S/C21H21F2NO/c1-21-12-6-9-15(20(21)25)18(13-7-2-4-10-16(13)22)24-19(21)14-8-3-5-11-17(14)23/h2-5,7-8,10-11,15,18-19,24H,6,9,12H2,1H3. The molecule has 1 saturated carbocycles. The maximum Gasteiger partial charge on any atom is 0.145 e. The minimum absolute atomic E-state index is 0.124. The molecule has 2 fully saturated rings. The lowest BCUT2D eigenvalue weighted by molar-refractivity contribution is -0.144. The summed E-state index contributed by atoms with van der Waals surface area (Å²) in [5.41, 5.74) is 0.318. The van der Waals surface area contributed by atoms with Gasteiger partial charge >= 0.3 is 0 Å². The summed E-state index contributed by atoms with van der Waals surface area (Å²) in [5, 5.41) is 3.44. The van der Waals surface area contributed by atoms with E-state index in [0.717, 1.165) is 19.3 Å². The van der Waals surface area contributed by atoms with Crippen LogP contribution in [0.1, 0.15) is 49.4 Å². The summed E-state index contributed by atoms with van der Waals surface area (Å²) in [6, 6.07) is 12.2. The maximum atomic E-state index is 14.5. The highest BCUT2D eigenvalue weighted by atomic mass is 19.1. The highest BCUT2D eigenvalue weighted by molar-refractivity contribution is 5.90. The molecule has 4 unspecified atom stereocenters. The molecular formula is C21H21F2NO. The molecule has 2 nitrogen and oxygen atoms in total. The second kappa shape index (κ2) is 6.03. The second-order valence-electron chi connectivity index (χ2n) is 7.40. The Morgan fingerprint density at radius 1 is 1.00 bits per heavy atom. The first-order valence-electron chi connectivity index (χ1n) is 8.81. The molecule has 4 rings (SSSR count). The number of piperidine rings is 1. The second-order valence-corrected chi connectivity index (χ2v) is 7.40. The lowest BCUT2D eigenvalue weighted by Crippen LogP contribution is -2.56. The number of Topliss-reactive ketones (excluding diaryl/α,β-unsaturated/α-hetero) is 1. The van der Waals surface area contributed by atoms with Gasteiger partial charge in [0.2, 0.25) is 0 Å². The molecule has 2 aromatic rings. The van der Waals surface area contributed by atoms with Crippen LogP contribution in [0.4, 0.5) is 8.78 Å². The average molecular weight is 341 g/mol. The van der Waals surface area contributed by atoms with Crippen LogP contribution in [0.15, 0.2) is 48.5 Å². The Kier molecular flexibility index (Phi) is 3.95. The summed E-state index contributed by atoms with van der Waals surface area (Å²) in [6.07, 6.45) is 2.35. The van der Waals surface area contributed by atoms with Crippen molar-refractivity contribution in [3.05, 3.63) is 71.3 Å². The first-order valence-corrected chi connectivity index (χ1v) is 8.81. The Hall–Kier alpha value is -2.07. The van der Waals surface area contributed by atoms with E-state index in [2.05, 4.69) is 5.32 Å². The summed E-state index contributed by atoms with van der Waals surface area (Å²) in [6.45, 7) is 1.92. The topological polar surface area (TPSA) is 29.1 Å². The molecule has 1 saturated heterocycles. The third-order valence-electron chi connectivity index (χ3n) is 5.95. The minimum Gasteiger partial charge on any atom is -0.301 e. The molecule has 25 heavy (non-hydrogen) atoms. The third kappa shape index (κ3) is 2.51. The predicted molar refractivity (Wildman–Crippen MR) is 91.9 cm³/mol. The van der Waals surface area contributed by atoms with E-state index in [-0.39, 0.29) is 23.3 Å². The van der Waals surface area contributed by atoms with Gasteiger partial charge in [0.05, 0.1) is 0 Å². The first-order chi connectivity index (χ1) is 12.0. The summed E-state index contributed by atoms with van der Waals surface area (Å²) >= 11 is 0. The van der Waals surface area contributed by atoms with Crippen LogP contribution in [0.25, 0.3) is 0 Å². The first kappa shape index (κ1) is 16.4. The zero-order valence-corrected chi connectivity index (χ0v) is 14.1. The molecule has 130 valence electrons. The van der Waals surface area contributed by atoms with Gasteiger partial charge in [0, 0.05) is 34.5 Å². The molecule has 4 atom stereocenters. The van der Waals surface area contributed by atoms with Gasteiger partial charge in [-0.3, -0.25) is 4.79 Å². The van der Waals surface area contributed by atoms with Crippen molar-refractivity contribution in [2.24, 2.45) is 11.3 Å². The summed E-state index contributed by atoms with van der Waals surface area (Å²) < 4.78 is 28.9. The smallest absolute Gasteiger partial charge is 0.145 e. The molecule has 1 N–H and O–H groups in total. The van der Waals surface area contributed by atoms with Crippen LogP contribution in [-0.2, 0) is 4.79 Å². The lowest BCUT2D eigenvalue weighted by Gasteiger charge is -2.51. The number of rotatable bonds is 2. The number of hydrogen-bond acceptors (Lipinski definition) is 2. The van der Waals surface area contributed by atoms with Crippen LogP contribution in [0.3, 0.4) is 0 Å². The van der Waals surface area contributed by atoms with Crippen molar-refractivity contribution in [3.63, 3.8) is 0 Å². The SMILES string of the molecule is CC12CCCC(C1=O)C(c1ccccc1F)NC2c1ccccc1F. The summed E-state index contributed by atoms with van der Waals surface area (Å²) in [7, 11) is 0. The monoisotopic (exact) mass is 341 g/mol. The fourth-order valence-corrected chi connectivity index (χ4v) is 4.63. The molecule has 0 aromatic heterocycles. The van der Waals surface area contributed by atoms with Gasteiger partial charge in [0.1, 0.15) is 17.4 Å². The molecular weight excluding hydrogens is 320 g/mol. The number of hydrogen-bond donors (Lipinski definition) is 1. The normalized spacial score (nSPS) is 31.8. The fourth-order valence-electron chi connectivity index (χ4n) is 4.63. The molecule has 2 aromatic carbocycles. The van der Waals surface area contributed by atoms with Crippen molar-refractivity contribution in [1.29, 1.82) is 0 Å². The van der Waals surface area contributed by atoms with Crippen LogP contribution < -0.4 is 5.32 Å². The molecule has 0 amide bonds. The maximum absolute atomic E-state index is 14.5. The number of carbonyl (C=O) groups excluding carboxylic acids is 1. The Morgan fingerprint density at radius 2 is 1.60 bits per heavy atom. The summed E-state index contributed by atoms with van der Waals surface area (Å²) in [5.74, 6) is -0.794. The quantitative estimate of drug-likeness (QED) is 0.856. The summed E-state index contributed by atoms with van der Waals surface area (Å²) in [4.78, 5) is 13.2. The highest BCUT2D eigenvalue weighted by Gasteiger charge is 2.54. The molecule has 1 aliphatic heterocycles. The Morgan fingerprint density at radius 3 is 2.24 bits per heavy atom. The van der Waals surface area contributed by atoms with Gasteiger partial charge in [-0.1, -0.05) is 49.7 Å². The van der Waals surface area contributed by atoms with E-state index < -0.39 is 17.5 Å². The van der Waals surface area contributed by atoms with E-state index >= 15 is 0 Å². The van der Waals surface area contributed by atoms with Crippen LogP contribution in [0, 0.1) is 23.0 Å². The molecule has 1 aliphatic carbocycles. The number of benzene rings is 2. The van der Waals surface area contributed by atoms with Crippen molar-refractivity contribution in [1.82, 2.24) is 5.32 Å². The van der Waals surface area contributed by atoms with Crippen molar-refractivity contribution < 1.29 is 13.6 Å². The van der Waals surface area contributed by atoms with E-state index in [1.165, 1.54) is 12.1 Å². The minimum atomic E-state index is -0.660. The third-order valence-corrected chi connectivity index (χ3v) is 5.95. The molecule has 0 spiro atoms. The van der Waals surface area contributed by atoms with Gasteiger partial charge in [-0.05, 0) is 25.0 Å². The van der Waals surface area contributed by atoms with Crippen LogP contribution in [0.5, 0.6) is 0 Å². The van der Waals surface area contributed by atoms with Crippen molar-refractivity contribution in [3.8, 4) is 0 Å². The highest BCUT2D eigenvalue weighted by Crippen LogP contribution is 2.53. The molecule has 2 bridgehead atoms. The van der Waals surface area contributed by atoms with E-state index in [4.69, 9.17) is 0 Å². The number of halogens is 2. The predicted octanol–water partition coefficient (Wildman–Crippen LogP) is 4.73. The van der Waals surface area contributed by atoms with Crippen LogP contribution in [-0.4, -0.2) is 5.78 Å². The Bertz CT molecular complexity index is 821. The van der Waals surface area contributed by atoms with E-state index in [9.17, 15) is 13.6 Å². The molecule has 4 heteroatoms. The molecule has 2 aliphatic rings. The Balaban J connectivity index is 1.83. The number of carbonyl (C=O) groups is 1. The molecule has 0 radical (unpaired) electrons. The lowest BCUT2D eigenvalue weighted by atomic mass is 9.59. The Labute approximate surface area is 146 Å². The van der Waals surface area contributed by atoms with Gasteiger partial charge in [0.25, 0.3) is 0 Å². The zero-order chi connectivity index (χ0) is 17.6. The number of ketones is 1. The van der Waals surface area contributed by atoms with Crippen molar-refractivity contribution in [2.45, 2.75) is 38.3 Å². The van der Waals surface area contributed by atoms with E-state index in [0.29, 0.717) is 11.1 Å². The van der Waals surface area contributed by atoms with Crippen molar-refractivity contribution in [2.75, 3.05) is 0 Å². The van der Waals surface area contributed by atoms with Gasteiger partial charge in [-0.2, -0.15) is 0 Å². The number of fused-ring (bicyclic) bond motifs is 2. The van der Waals surface area contributed by atoms with Crippen LogP contribution >= 0.6 is 0 Å². The molecule has 1 heterocycles. The van der Waals surface area contributed by atoms with Gasteiger partial charge < -0.3 is 5.32 Å². The van der Waals surface area contributed by atoms with Crippen molar-refractivity contribution >= 4 is 5.78 Å². The van der Waals surface area contributed by atoms with Crippen LogP contribution in [0.2, 0.25) is 0 Å². The zero-order valence-electron chi connectivity index (χ0n) is 14.1. The van der Waals surface area contributed by atoms with E-state index in [1.54, 1.807) is 36.4 Å². The number of nitrogens with one attached hydrogen (secondary N) is 1. The largest absolute Gasteiger partial charge is 0.301 e. The average Bonchev–Trinajstić information content (AvgIpc) is 2.59. The fraction of sp³-hybridized carbons (Fsp3) is 0.381. The van der Waals surface area contributed by atoms with Gasteiger partial charge in [-0.25, -0.2) is 8.78 Å². The van der Waals surface area contributed by atoms with Gasteiger partial charge in [-0.15, -0.1) is 0 Å². The van der Waals surface area contributed by atoms with Gasteiger partial charge in [0.15, 0.2) is 0 Å².